The lowest BCUT2D eigenvalue weighted by Crippen LogP contribution is -2.52. The third-order valence-electron chi connectivity index (χ3n) is 3.75. The van der Waals surface area contributed by atoms with E-state index in [0.717, 1.165) is 25.1 Å². The van der Waals surface area contributed by atoms with Gasteiger partial charge in [-0.2, -0.15) is 0 Å². The van der Waals surface area contributed by atoms with Crippen molar-refractivity contribution in [2.24, 2.45) is 5.73 Å². The van der Waals surface area contributed by atoms with Crippen LogP contribution in [0.1, 0.15) is 51.8 Å². The third-order valence-corrected chi connectivity index (χ3v) is 3.75. The Balaban J connectivity index is 2.36. The Morgan fingerprint density at radius 1 is 1.53 bits per heavy atom. The zero-order valence-electron chi connectivity index (χ0n) is 12.0. The highest BCUT2D eigenvalue weighted by Crippen LogP contribution is 2.32. The minimum absolute atomic E-state index is 0.00703. The minimum Gasteiger partial charge on any atom is -0.333 e. The molecule has 2 heterocycles. The largest absolute Gasteiger partial charge is 0.333 e. The Labute approximate surface area is 114 Å². The number of likely N-dealkylation sites (tertiary alicyclic amines) is 1. The Kier molecular flexibility index (Phi) is 4.24. The van der Waals surface area contributed by atoms with E-state index in [2.05, 4.69) is 16.5 Å². The molecular formula is C14H24N4O. The third kappa shape index (κ3) is 2.66. The van der Waals surface area contributed by atoms with E-state index in [4.69, 9.17) is 5.73 Å². The van der Waals surface area contributed by atoms with Crippen LogP contribution in [0.25, 0.3) is 0 Å². The molecule has 1 fully saturated rings. The van der Waals surface area contributed by atoms with Crippen molar-refractivity contribution in [1.29, 1.82) is 0 Å². The van der Waals surface area contributed by atoms with Crippen LogP contribution in [0, 0.1) is 0 Å². The van der Waals surface area contributed by atoms with Crippen LogP contribution in [-0.4, -0.2) is 32.4 Å². The predicted octanol–water partition coefficient (Wildman–Crippen LogP) is 1.69. The summed E-state index contributed by atoms with van der Waals surface area (Å²) in [6, 6.07) is 0.108. The molecule has 5 nitrogen and oxygen atoms in total. The van der Waals surface area contributed by atoms with Crippen molar-refractivity contribution < 1.29 is 4.79 Å². The molecule has 0 aliphatic carbocycles. The van der Waals surface area contributed by atoms with Gasteiger partial charge in [0.25, 0.3) is 0 Å². The van der Waals surface area contributed by atoms with E-state index in [1.54, 1.807) is 0 Å². The topological polar surface area (TPSA) is 64.2 Å². The van der Waals surface area contributed by atoms with Crippen molar-refractivity contribution in [1.82, 2.24) is 14.5 Å². The molecule has 0 radical (unpaired) electrons. The zero-order chi connectivity index (χ0) is 14.0. The lowest BCUT2D eigenvalue weighted by Gasteiger charge is -2.42. The molecule has 1 amide bonds. The highest BCUT2D eigenvalue weighted by Gasteiger charge is 2.37. The van der Waals surface area contributed by atoms with E-state index in [-0.39, 0.29) is 24.0 Å². The first-order valence-corrected chi connectivity index (χ1v) is 7.13. The first-order valence-electron chi connectivity index (χ1n) is 7.13. The second kappa shape index (κ2) is 5.74. The number of nitrogens with two attached hydrogens (primary N) is 1. The average molecular weight is 264 g/mol. The maximum atomic E-state index is 12.2. The number of rotatable bonds is 4. The number of hydrogen-bond donors (Lipinski definition) is 1. The van der Waals surface area contributed by atoms with Crippen LogP contribution in [0.5, 0.6) is 0 Å². The molecule has 1 aromatic heterocycles. The fraction of sp³-hybridized carbons (Fsp3) is 0.714. The first-order chi connectivity index (χ1) is 9.06. The molecule has 106 valence electrons. The van der Waals surface area contributed by atoms with Gasteiger partial charge in [0.05, 0.1) is 24.3 Å². The van der Waals surface area contributed by atoms with Gasteiger partial charge in [-0.25, -0.2) is 4.98 Å². The highest BCUT2D eigenvalue weighted by molar-refractivity contribution is 5.78. The van der Waals surface area contributed by atoms with Crippen LogP contribution >= 0.6 is 0 Å². The summed E-state index contributed by atoms with van der Waals surface area (Å²) < 4.78 is 2.12. The fourth-order valence-electron chi connectivity index (χ4n) is 2.91. The Morgan fingerprint density at radius 3 is 2.89 bits per heavy atom. The van der Waals surface area contributed by atoms with Crippen LogP contribution in [0.15, 0.2) is 12.5 Å². The Hall–Kier alpha value is -1.36. The normalized spacial score (nSPS) is 24.3. The molecule has 2 N–H and O–H groups in total. The molecule has 0 bridgehead atoms. The predicted molar refractivity (Wildman–Crippen MR) is 74.5 cm³/mol. The summed E-state index contributed by atoms with van der Waals surface area (Å²) in [7, 11) is 0. The Morgan fingerprint density at radius 2 is 2.26 bits per heavy atom. The molecule has 0 saturated carbocycles. The SMILES string of the molecule is CCCn1cncc1C1C(N)CCC(=O)N1C(C)C. The molecule has 2 unspecified atom stereocenters. The van der Waals surface area contributed by atoms with Gasteiger partial charge in [-0.15, -0.1) is 0 Å². The standard InChI is InChI=1S/C14H24N4O/c1-4-7-17-9-16-8-12(17)14-11(15)5-6-13(19)18(14)10(2)3/h8-11,14H,4-7,15H2,1-3H3. The molecule has 19 heavy (non-hydrogen) atoms. The van der Waals surface area contributed by atoms with Crippen LogP contribution in [0.4, 0.5) is 0 Å². The molecule has 0 spiro atoms. The molecule has 2 atom stereocenters. The maximum Gasteiger partial charge on any atom is 0.223 e. The highest BCUT2D eigenvalue weighted by atomic mass is 16.2. The molecule has 2 rings (SSSR count). The second-order valence-corrected chi connectivity index (χ2v) is 5.55. The quantitative estimate of drug-likeness (QED) is 0.900. The van der Waals surface area contributed by atoms with E-state index in [1.165, 1.54) is 0 Å². The number of hydrogen-bond acceptors (Lipinski definition) is 3. The van der Waals surface area contributed by atoms with Gasteiger partial charge < -0.3 is 15.2 Å². The summed E-state index contributed by atoms with van der Waals surface area (Å²) in [5.41, 5.74) is 7.36. The Bertz CT molecular complexity index is 440. The van der Waals surface area contributed by atoms with Gasteiger partial charge in [0.1, 0.15) is 0 Å². The van der Waals surface area contributed by atoms with Gasteiger partial charge in [0.2, 0.25) is 5.91 Å². The number of aromatic nitrogens is 2. The van der Waals surface area contributed by atoms with Gasteiger partial charge >= 0.3 is 0 Å². The van der Waals surface area contributed by atoms with Crippen LogP contribution < -0.4 is 5.73 Å². The van der Waals surface area contributed by atoms with Crippen molar-refractivity contribution in [2.75, 3.05) is 0 Å². The summed E-state index contributed by atoms with van der Waals surface area (Å²) in [4.78, 5) is 18.4. The van der Waals surface area contributed by atoms with Gasteiger partial charge in [-0.3, -0.25) is 4.79 Å². The molecule has 1 aliphatic rings. The molecule has 1 aromatic rings. The van der Waals surface area contributed by atoms with Crippen LogP contribution in [-0.2, 0) is 11.3 Å². The van der Waals surface area contributed by atoms with Gasteiger partial charge in [-0.05, 0) is 26.7 Å². The summed E-state index contributed by atoms with van der Waals surface area (Å²) in [6.07, 6.45) is 6.04. The molecule has 1 aliphatic heterocycles. The minimum atomic E-state index is -0.0460. The van der Waals surface area contributed by atoms with Crippen molar-refractivity contribution in [3.8, 4) is 0 Å². The van der Waals surface area contributed by atoms with Gasteiger partial charge in [0, 0.05) is 25.0 Å². The number of amides is 1. The monoisotopic (exact) mass is 264 g/mol. The van der Waals surface area contributed by atoms with Crippen LogP contribution in [0.3, 0.4) is 0 Å². The van der Waals surface area contributed by atoms with E-state index in [9.17, 15) is 4.79 Å². The van der Waals surface area contributed by atoms with E-state index < -0.39 is 0 Å². The summed E-state index contributed by atoms with van der Waals surface area (Å²) in [5, 5.41) is 0. The lowest BCUT2D eigenvalue weighted by molar-refractivity contribution is -0.139. The van der Waals surface area contributed by atoms with E-state index >= 15 is 0 Å². The molecular weight excluding hydrogens is 240 g/mol. The van der Waals surface area contributed by atoms with Crippen LogP contribution in [0.2, 0.25) is 0 Å². The molecule has 5 heteroatoms. The van der Waals surface area contributed by atoms with E-state index in [0.29, 0.717) is 6.42 Å². The number of imidazole rings is 1. The summed E-state index contributed by atoms with van der Waals surface area (Å²) in [6.45, 7) is 7.14. The van der Waals surface area contributed by atoms with E-state index in [1.807, 2.05) is 31.3 Å². The van der Waals surface area contributed by atoms with Gasteiger partial charge in [0.15, 0.2) is 0 Å². The fourth-order valence-corrected chi connectivity index (χ4v) is 2.91. The molecule has 0 aromatic carbocycles. The maximum absolute atomic E-state index is 12.2. The number of carbonyl (C=O) groups excluding carboxylic acids is 1. The van der Waals surface area contributed by atoms with Crippen molar-refractivity contribution in [3.63, 3.8) is 0 Å². The van der Waals surface area contributed by atoms with Crippen molar-refractivity contribution in [3.05, 3.63) is 18.2 Å². The summed E-state index contributed by atoms with van der Waals surface area (Å²) >= 11 is 0. The number of piperidine rings is 1. The van der Waals surface area contributed by atoms with Crippen molar-refractivity contribution >= 4 is 5.91 Å². The zero-order valence-corrected chi connectivity index (χ0v) is 12.0. The van der Waals surface area contributed by atoms with Crippen molar-refractivity contribution in [2.45, 2.75) is 64.7 Å². The number of aryl methyl sites for hydroxylation is 1. The number of nitrogens with zero attached hydrogens (tertiary/aromatic N) is 3. The number of carbonyl (C=O) groups is 1. The first kappa shape index (κ1) is 14.1. The summed E-state index contributed by atoms with van der Waals surface area (Å²) in [5.74, 6) is 0.200. The smallest absolute Gasteiger partial charge is 0.223 e. The average Bonchev–Trinajstić information content (AvgIpc) is 2.80. The molecule has 1 saturated heterocycles. The van der Waals surface area contributed by atoms with Gasteiger partial charge in [-0.1, -0.05) is 6.92 Å². The second-order valence-electron chi connectivity index (χ2n) is 5.55. The lowest BCUT2D eigenvalue weighted by atomic mass is 9.92.